The van der Waals surface area contributed by atoms with Crippen LogP contribution in [0.25, 0.3) is 9.92 Å². The van der Waals surface area contributed by atoms with Crippen molar-refractivity contribution in [2.45, 2.75) is 6.54 Å². The van der Waals surface area contributed by atoms with Crippen molar-refractivity contribution in [3.05, 3.63) is 39.2 Å². The lowest BCUT2D eigenvalue weighted by atomic mass is 10.6. The van der Waals surface area contributed by atoms with Crippen molar-refractivity contribution in [1.29, 1.82) is 5.41 Å². The molecule has 0 spiro atoms. The third-order valence-corrected chi connectivity index (χ3v) is 8.13. The minimum atomic E-state index is -0.822. The number of nitrogens with zero attached hydrogens (tertiary/aromatic N) is 11. The monoisotopic (exact) mass is 1030 g/mol. The normalized spacial score (nSPS) is 9.27. The van der Waals surface area contributed by atoms with Crippen LogP contribution in [0.15, 0.2) is 39.4 Å². The summed E-state index contributed by atoms with van der Waals surface area (Å²) in [6.07, 6.45) is 2.20. The number of carbonyl (C=O) groups is 6. The number of ether oxygens (including phenoxy) is 3. The molecule has 342 valence electrons. The molecule has 0 saturated carbocycles. The van der Waals surface area contributed by atoms with Gasteiger partial charge in [-0.05, 0) is 11.6 Å². The molecule has 0 aliphatic heterocycles. The number of rotatable bonds is 7. The Labute approximate surface area is 385 Å². The van der Waals surface area contributed by atoms with Crippen LogP contribution >= 0.6 is 92.6 Å². The quantitative estimate of drug-likeness (QED) is 0.0253. The Kier molecular flexibility index (Phi) is 32.7. The van der Waals surface area contributed by atoms with Crippen LogP contribution in [0, 0.1) is 5.41 Å². The van der Waals surface area contributed by atoms with E-state index in [4.69, 9.17) is 51.7 Å². The molecule has 28 nitrogen and oxygen atoms in total. The van der Waals surface area contributed by atoms with Crippen LogP contribution in [0.3, 0.4) is 0 Å². The van der Waals surface area contributed by atoms with Crippen molar-refractivity contribution in [2.24, 2.45) is 10.7 Å². The Morgan fingerprint density at radius 1 is 0.806 bits per heavy atom. The number of nitrogen functional groups attached to an aromatic ring is 2. The summed E-state index contributed by atoms with van der Waals surface area (Å²) in [5, 5.41) is 29.7. The van der Waals surface area contributed by atoms with Gasteiger partial charge >= 0.3 is 18.3 Å². The van der Waals surface area contributed by atoms with Crippen LogP contribution in [0.4, 0.5) is 31.2 Å². The standard InChI is InChI=1S/C6H8N4O3S.C6H6N4O2S.C4H6ClNO3.C4H4N4S.C2H2Cl2O.C2H3N3S.C2H5NO2.ClH/c1-13-6(12)9-4(11)2-10-5(7)14-3-8-10;1-11-12-3-7-5-2-10-6(9-5)13-4-8-10;1-9-4(8)6-3(7)2-5;5-3-1-8-4(7-3)9-2-6-8;3-1-2(4)5;3-2-5-4-1-6-2;1-5-2(3)4;/h3,7H,2H2,1H3,(H,9,11,12);2-4H,1H3;2H2,1H3,(H,6,7,8);1-2H,5H2;1H2;1H,(H2,3,5);1H3,(H2,3,4);1H. The largest absolute Gasteiger partial charge is 0.453 e. The predicted octanol–water partition coefficient (Wildman–Crippen LogP) is 2.06. The number of amides is 5. The highest BCUT2D eigenvalue weighted by molar-refractivity contribution is 7.15. The number of alkyl carbamates (subject to hydrolysis) is 2. The second-order valence-corrected chi connectivity index (χ2v) is 13.2. The van der Waals surface area contributed by atoms with E-state index >= 15 is 0 Å². The number of fused-ring (bicyclic) bond motifs is 2. The Balaban J connectivity index is 0. The number of carbonyl (C=O) groups excluding carboxylic acids is 6. The van der Waals surface area contributed by atoms with Gasteiger partial charge in [0.1, 0.15) is 40.3 Å². The van der Waals surface area contributed by atoms with Crippen molar-refractivity contribution in [2.75, 3.05) is 51.7 Å². The lowest BCUT2D eigenvalue weighted by molar-refractivity contribution is -0.187. The fraction of sp³-hybridized carbons (Fsp3) is 0.269. The molecule has 5 amide bonds. The number of nitrogens with two attached hydrogens (primary N) is 3. The minimum absolute atomic E-state index is 0. The van der Waals surface area contributed by atoms with Gasteiger partial charge in [0.2, 0.25) is 32.6 Å². The number of imide groups is 2. The summed E-state index contributed by atoms with van der Waals surface area (Å²) in [4.78, 5) is 83.4. The van der Waals surface area contributed by atoms with Crippen LogP contribution in [-0.4, -0.2) is 131 Å². The summed E-state index contributed by atoms with van der Waals surface area (Å²) in [5.74, 6) is -0.410. The molecule has 6 aromatic heterocycles. The number of nitrogens with one attached hydrogen (secondary N) is 3. The summed E-state index contributed by atoms with van der Waals surface area (Å²) in [6, 6.07) is 0. The maximum absolute atomic E-state index is 11.1. The van der Waals surface area contributed by atoms with Crippen LogP contribution < -0.4 is 32.6 Å². The molecule has 0 fully saturated rings. The molecule has 0 saturated heterocycles. The van der Waals surface area contributed by atoms with Crippen molar-refractivity contribution in [3.8, 4) is 0 Å². The first-order valence-electron chi connectivity index (χ1n) is 15.0. The van der Waals surface area contributed by atoms with Gasteiger partial charge in [-0.2, -0.15) is 30.2 Å². The van der Waals surface area contributed by atoms with Gasteiger partial charge in [-0.1, -0.05) is 45.3 Å². The number of aliphatic imine (C=N–C) groups is 1. The molecule has 0 unspecified atom stereocenters. The van der Waals surface area contributed by atoms with Gasteiger partial charge in [0.25, 0.3) is 5.91 Å². The zero-order chi connectivity index (χ0) is 46.2. The third kappa shape index (κ3) is 27.8. The molecule has 0 atom stereocenters. The summed E-state index contributed by atoms with van der Waals surface area (Å²) >= 11 is 19.9. The van der Waals surface area contributed by atoms with Crippen molar-refractivity contribution in [3.63, 3.8) is 0 Å². The van der Waals surface area contributed by atoms with E-state index in [1.165, 1.54) is 64.8 Å². The van der Waals surface area contributed by atoms with Gasteiger partial charge in [0, 0.05) is 0 Å². The lowest BCUT2D eigenvalue weighted by Gasteiger charge is -2.01. The number of primary amides is 1. The van der Waals surface area contributed by atoms with Gasteiger partial charge < -0.3 is 36.3 Å². The fourth-order valence-electron chi connectivity index (χ4n) is 2.54. The van der Waals surface area contributed by atoms with Crippen molar-refractivity contribution in [1.82, 2.24) is 59.8 Å². The number of hydrogen-bond donors (Lipinski definition) is 6. The Hall–Kier alpha value is -5.87. The predicted molar refractivity (Wildman–Crippen MR) is 230 cm³/mol. The second-order valence-electron chi connectivity index (χ2n) is 8.90. The number of hydrogen-bond acceptors (Lipinski definition) is 26. The minimum Gasteiger partial charge on any atom is -0.453 e. The highest BCUT2D eigenvalue weighted by atomic mass is 35.5. The fourth-order valence-corrected chi connectivity index (χ4v) is 4.60. The molecule has 0 aliphatic carbocycles. The number of imidazole rings is 2. The van der Waals surface area contributed by atoms with E-state index in [1.807, 2.05) is 10.6 Å². The molecule has 6 heterocycles. The lowest BCUT2D eigenvalue weighted by Crippen LogP contribution is -2.35. The van der Waals surface area contributed by atoms with Gasteiger partial charge in [-0.15, -0.1) is 45.8 Å². The highest BCUT2D eigenvalue weighted by Crippen LogP contribution is 2.14. The number of alkyl halides is 2. The van der Waals surface area contributed by atoms with Gasteiger partial charge in [0.15, 0.2) is 10.6 Å². The number of anilines is 2. The zero-order valence-electron chi connectivity index (χ0n) is 32.0. The van der Waals surface area contributed by atoms with Crippen LogP contribution in [0.2, 0.25) is 0 Å². The van der Waals surface area contributed by atoms with E-state index in [1.54, 1.807) is 38.0 Å². The number of methoxy groups -OCH3 is 3. The molecule has 62 heavy (non-hydrogen) atoms. The first-order chi connectivity index (χ1) is 29.0. The summed E-state index contributed by atoms with van der Waals surface area (Å²) in [7, 11) is 4.95. The third-order valence-electron chi connectivity index (χ3n) is 4.84. The van der Waals surface area contributed by atoms with E-state index in [9.17, 15) is 28.8 Å². The molecule has 0 aromatic carbocycles. The molecule has 9 N–H and O–H groups in total. The average Bonchev–Trinajstić information content (AvgIpc) is 4.10. The second kappa shape index (κ2) is 34.8. The molecule has 6 rings (SSSR count). The molecule has 36 heteroatoms. The van der Waals surface area contributed by atoms with E-state index < -0.39 is 35.3 Å². The number of halogens is 4. The topological polar surface area (TPSA) is 391 Å². The van der Waals surface area contributed by atoms with Gasteiger partial charge in [-0.3, -0.25) is 30.4 Å². The highest BCUT2D eigenvalue weighted by Gasteiger charge is 2.09. The smallest absolute Gasteiger partial charge is 0.413 e. The average molecular weight is 1030 g/mol. The summed E-state index contributed by atoms with van der Waals surface area (Å²) in [6.45, 7) is -0.169. The zero-order valence-corrected chi connectivity index (χ0v) is 38.3. The van der Waals surface area contributed by atoms with Crippen molar-refractivity contribution >= 4 is 161 Å². The van der Waals surface area contributed by atoms with E-state index in [2.05, 4.69) is 70.2 Å². The molecular formula is C26H35Cl4N17O11S4. The SMILES string of the molecule is COC(=O)NC(=O)CCl.COC(=O)NC(=O)Cn1ncsc1=N.COC(N)=O.COOC=Nc1cn2ncsc2n1.Cl.Nc1cn2ncsc2n1.Nc1nncs1.O=C(Cl)CCl. The van der Waals surface area contributed by atoms with Crippen LogP contribution in [0.1, 0.15) is 0 Å². The van der Waals surface area contributed by atoms with Gasteiger partial charge in [-0.25, -0.2) is 33.1 Å². The Morgan fingerprint density at radius 3 is 1.73 bits per heavy atom. The number of aromatic nitrogens is 10. The van der Waals surface area contributed by atoms with Crippen LogP contribution in [-0.2, 0) is 44.9 Å². The van der Waals surface area contributed by atoms with E-state index in [-0.39, 0.29) is 35.5 Å². The van der Waals surface area contributed by atoms with E-state index in [0.717, 1.165) is 35.5 Å². The first kappa shape index (κ1) is 58.2. The Morgan fingerprint density at radius 2 is 1.34 bits per heavy atom. The van der Waals surface area contributed by atoms with Crippen molar-refractivity contribution < 1.29 is 52.8 Å². The van der Waals surface area contributed by atoms with Gasteiger partial charge in [0.05, 0.1) is 46.7 Å². The first-order valence-corrected chi connectivity index (χ1v) is 20.0. The Bertz CT molecular complexity index is 2200. The van der Waals surface area contributed by atoms with E-state index in [0.29, 0.717) is 16.8 Å². The molecular weight excluding hydrogens is 996 g/mol. The molecule has 6 aromatic rings. The summed E-state index contributed by atoms with van der Waals surface area (Å²) in [5.41, 5.74) is 21.4. The maximum Gasteiger partial charge on any atom is 0.413 e. The van der Waals surface area contributed by atoms with Crippen LogP contribution in [0.5, 0.6) is 0 Å². The molecule has 0 bridgehead atoms. The summed E-state index contributed by atoms with van der Waals surface area (Å²) < 4.78 is 16.7. The maximum atomic E-state index is 11.1. The molecule has 0 aliphatic rings. The molecule has 0 radical (unpaired) electrons.